The monoisotopic (exact) mass is 137 g/mol. The Morgan fingerprint density at radius 2 is 2.00 bits per heavy atom. The summed E-state index contributed by atoms with van der Waals surface area (Å²) in [6.07, 6.45) is 8.33. The van der Waals surface area contributed by atoms with Crippen LogP contribution in [0.3, 0.4) is 0 Å². The molecule has 0 heterocycles. The molecule has 0 aliphatic rings. The Hall–Kier alpha value is -0.440. The first kappa shape index (κ1) is 9.56. The lowest BCUT2D eigenvalue weighted by Crippen LogP contribution is -2.00. The van der Waals surface area contributed by atoms with Crippen molar-refractivity contribution >= 4 is 0 Å². The van der Waals surface area contributed by atoms with Crippen molar-refractivity contribution in [3.05, 3.63) is 6.92 Å². The van der Waals surface area contributed by atoms with E-state index >= 15 is 0 Å². The van der Waals surface area contributed by atoms with Gasteiger partial charge >= 0.3 is 0 Å². The quantitative estimate of drug-likeness (QED) is 0.523. The summed E-state index contributed by atoms with van der Waals surface area (Å²) in [5, 5.41) is 0. The number of hydrogen-bond acceptors (Lipinski definition) is 0. The zero-order chi connectivity index (χ0) is 7.98. The van der Waals surface area contributed by atoms with Crippen LogP contribution in [0.15, 0.2) is 0 Å². The summed E-state index contributed by atoms with van der Waals surface area (Å²) >= 11 is 0. The second kappa shape index (κ2) is 5.35. The molecule has 0 aliphatic heterocycles. The lowest BCUT2D eigenvalue weighted by Gasteiger charge is -2.12. The summed E-state index contributed by atoms with van der Waals surface area (Å²) in [6.45, 7) is 8.27. The molecule has 0 aromatic carbocycles. The number of hydrogen-bond donors (Lipinski definition) is 0. The summed E-state index contributed by atoms with van der Waals surface area (Å²) in [7, 11) is 0. The summed E-state index contributed by atoms with van der Waals surface area (Å²) < 4.78 is 0. The van der Waals surface area contributed by atoms with Gasteiger partial charge in [0.05, 0.1) is 0 Å². The zero-order valence-electron chi connectivity index (χ0n) is 7.06. The van der Waals surface area contributed by atoms with E-state index in [1.54, 1.807) is 0 Å². The van der Waals surface area contributed by atoms with E-state index < -0.39 is 0 Å². The Labute approximate surface area is 65.0 Å². The largest absolute Gasteiger partial charge is 0.120 e. The minimum absolute atomic E-state index is 0.668. The fraction of sp³-hybridized carbons (Fsp3) is 0.700. The van der Waals surface area contributed by atoms with E-state index in [9.17, 15) is 0 Å². The van der Waals surface area contributed by atoms with Gasteiger partial charge in [-0.1, -0.05) is 27.2 Å². The Bertz CT molecular complexity index is 108. The Morgan fingerprint density at radius 3 is 2.40 bits per heavy atom. The first-order chi connectivity index (χ1) is 4.70. The molecule has 0 saturated carbocycles. The van der Waals surface area contributed by atoms with Crippen LogP contribution in [0.4, 0.5) is 0 Å². The lowest BCUT2D eigenvalue weighted by atomic mass is 9.93. The minimum Gasteiger partial charge on any atom is -0.120 e. The molecule has 0 spiro atoms. The molecule has 1 radical (unpaired) electrons. The van der Waals surface area contributed by atoms with Crippen molar-refractivity contribution in [1.82, 2.24) is 0 Å². The highest BCUT2D eigenvalue weighted by Gasteiger charge is 2.04. The molecule has 0 aliphatic carbocycles. The van der Waals surface area contributed by atoms with Crippen molar-refractivity contribution in [2.75, 3.05) is 0 Å². The highest BCUT2D eigenvalue weighted by Crippen LogP contribution is 2.16. The molecule has 10 heavy (non-hydrogen) atoms. The van der Waals surface area contributed by atoms with Crippen molar-refractivity contribution in [3.63, 3.8) is 0 Å². The predicted octanol–water partition coefficient (Wildman–Crippen LogP) is 2.90. The van der Waals surface area contributed by atoms with Gasteiger partial charge in [-0.3, -0.25) is 0 Å². The topological polar surface area (TPSA) is 0 Å². The van der Waals surface area contributed by atoms with Crippen LogP contribution in [0.1, 0.15) is 33.1 Å². The molecule has 2 unspecified atom stereocenters. The smallest absolute Gasteiger partial charge is 0.0112 e. The van der Waals surface area contributed by atoms with Crippen molar-refractivity contribution in [3.8, 4) is 12.3 Å². The number of terminal acetylenes is 1. The van der Waals surface area contributed by atoms with Crippen molar-refractivity contribution < 1.29 is 0 Å². The minimum atomic E-state index is 0.668. The molecule has 0 heteroatoms. The van der Waals surface area contributed by atoms with Gasteiger partial charge in [-0.05, 0) is 18.3 Å². The molecule has 0 fully saturated rings. The Morgan fingerprint density at radius 1 is 1.40 bits per heavy atom. The molecular formula is C10H17. The second-order valence-electron chi connectivity index (χ2n) is 3.14. The summed E-state index contributed by atoms with van der Waals surface area (Å²) in [6, 6.07) is 0. The van der Waals surface area contributed by atoms with Crippen LogP contribution in [0.2, 0.25) is 0 Å². The van der Waals surface area contributed by atoms with E-state index in [4.69, 9.17) is 6.42 Å². The van der Waals surface area contributed by atoms with E-state index in [1.807, 2.05) is 0 Å². The van der Waals surface area contributed by atoms with Gasteiger partial charge in [-0.25, -0.2) is 0 Å². The predicted molar refractivity (Wildman–Crippen MR) is 46.4 cm³/mol. The second-order valence-corrected chi connectivity index (χ2v) is 3.14. The number of rotatable bonds is 4. The molecule has 0 bridgehead atoms. The van der Waals surface area contributed by atoms with Gasteiger partial charge in [-0.15, -0.1) is 12.3 Å². The Kier molecular flexibility index (Phi) is 5.12. The van der Waals surface area contributed by atoms with Crippen LogP contribution in [0, 0.1) is 31.1 Å². The standard InChI is InChI=1S/C10H17/c1-5-7-10(4)8-9(3)6-2/h1,9-10H,2,6-8H2,3-4H3. The summed E-state index contributed by atoms with van der Waals surface area (Å²) in [4.78, 5) is 0. The molecular weight excluding hydrogens is 120 g/mol. The van der Waals surface area contributed by atoms with Gasteiger partial charge in [0, 0.05) is 6.42 Å². The van der Waals surface area contributed by atoms with Crippen molar-refractivity contribution in [2.45, 2.75) is 33.1 Å². The third kappa shape index (κ3) is 4.44. The van der Waals surface area contributed by atoms with Crippen LogP contribution in [-0.4, -0.2) is 0 Å². The molecule has 0 aromatic rings. The molecule has 0 amide bonds. The van der Waals surface area contributed by atoms with Crippen LogP contribution in [-0.2, 0) is 0 Å². The first-order valence-electron chi connectivity index (χ1n) is 3.93. The molecule has 0 aromatic heterocycles. The normalized spacial score (nSPS) is 15.8. The maximum Gasteiger partial charge on any atom is 0.0112 e. The molecule has 2 atom stereocenters. The van der Waals surface area contributed by atoms with E-state index in [2.05, 4.69) is 26.7 Å². The van der Waals surface area contributed by atoms with Gasteiger partial charge in [0.2, 0.25) is 0 Å². The maximum atomic E-state index is 5.18. The van der Waals surface area contributed by atoms with Crippen LogP contribution in [0.25, 0.3) is 0 Å². The maximum absolute atomic E-state index is 5.18. The third-order valence-corrected chi connectivity index (χ3v) is 1.76. The first-order valence-corrected chi connectivity index (χ1v) is 3.93. The lowest BCUT2D eigenvalue weighted by molar-refractivity contribution is 0.423. The molecule has 0 rings (SSSR count). The fourth-order valence-electron chi connectivity index (χ4n) is 1.09. The van der Waals surface area contributed by atoms with Crippen LogP contribution < -0.4 is 0 Å². The molecule has 57 valence electrons. The molecule has 0 N–H and O–H groups in total. The van der Waals surface area contributed by atoms with E-state index in [0.717, 1.165) is 18.8 Å². The zero-order valence-corrected chi connectivity index (χ0v) is 7.06. The fourth-order valence-corrected chi connectivity index (χ4v) is 1.09. The van der Waals surface area contributed by atoms with Gasteiger partial charge in [0.1, 0.15) is 0 Å². The third-order valence-electron chi connectivity index (χ3n) is 1.76. The van der Waals surface area contributed by atoms with E-state index in [0.29, 0.717) is 5.92 Å². The van der Waals surface area contributed by atoms with E-state index in [-0.39, 0.29) is 0 Å². The van der Waals surface area contributed by atoms with Gasteiger partial charge in [0.15, 0.2) is 0 Å². The van der Waals surface area contributed by atoms with Crippen molar-refractivity contribution in [1.29, 1.82) is 0 Å². The molecule has 0 nitrogen and oxygen atoms in total. The average molecular weight is 137 g/mol. The highest BCUT2D eigenvalue weighted by molar-refractivity contribution is 4.85. The Balaban J connectivity index is 3.38. The summed E-state index contributed by atoms with van der Waals surface area (Å²) in [5.74, 6) is 4.07. The van der Waals surface area contributed by atoms with Gasteiger partial charge in [-0.2, -0.15) is 0 Å². The van der Waals surface area contributed by atoms with Crippen molar-refractivity contribution in [2.24, 2.45) is 11.8 Å². The van der Waals surface area contributed by atoms with Crippen LogP contribution >= 0.6 is 0 Å². The highest BCUT2D eigenvalue weighted by atomic mass is 14.1. The van der Waals surface area contributed by atoms with Gasteiger partial charge in [0.25, 0.3) is 0 Å². The molecule has 0 saturated heterocycles. The SMILES string of the molecule is C#CCC(C)CC(C)C[CH2]. The average Bonchev–Trinajstić information content (AvgIpc) is 1.88. The van der Waals surface area contributed by atoms with Gasteiger partial charge < -0.3 is 0 Å². The summed E-state index contributed by atoms with van der Waals surface area (Å²) in [5.41, 5.74) is 0. The van der Waals surface area contributed by atoms with Crippen LogP contribution in [0.5, 0.6) is 0 Å². The van der Waals surface area contributed by atoms with E-state index in [1.165, 1.54) is 6.42 Å².